The molecule has 3 fully saturated rings. The fraction of sp³-hybridized carbons (Fsp3) is 0.543. The first kappa shape index (κ1) is 34.0. The maximum atomic E-state index is 14.0. The van der Waals surface area contributed by atoms with Crippen LogP contribution >= 0.6 is 15.9 Å². The van der Waals surface area contributed by atoms with Crippen LogP contribution in [0.4, 0.5) is 15.3 Å². The largest absolute Gasteiger partial charge is 0.507 e. The SMILES string of the molecule is COC(=O)[C@H]1CCCN1C1CCN(C(=O)[C@@H](Cc2ccc(O)c(Br)c2)OC(=O)N2CCC(N3CCc4ccccc4NC3=O)CC2)CC1. The van der Waals surface area contributed by atoms with Gasteiger partial charge in [-0.3, -0.25) is 14.5 Å². The monoisotopic (exact) mass is 725 g/mol. The number of methoxy groups -OCH3 is 1. The minimum Gasteiger partial charge on any atom is -0.507 e. The number of carbonyl (C=O) groups excluding carboxylic acids is 4. The number of rotatable bonds is 7. The second-order valence-corrected chi connectivity index (χ2v) is 13.9. The Labute approximate surface area is 289 Å². The third-order valence-corrected chi connectivity index (χ3v) is 10.9. The number of urea groups is 1. The minimum absolute atomic E-state index is 0.00850. The number of esters is 1. The highest BCUT2D eigenvalue weighted by Crippen LogP contribution is 2.29. The molecule has 12 nitrogen and oxygen atoms in total. The van der Waals surface area contributed by atoms with E-state index in [1.807, 2.05) is 29.2 Å². The van der Waals surface area contributed by atoms with Gasteiger partial charge in [0, 0.05) is 56.9 Å². The molecule has 2 aromatic rings. The van der Waals surface area contributed by atoms with Crippen LogP contribution in [-0.4, -0.2) is 119 Å². The summed E-state index contributed by atoms with van der Waals surface area (Å²) in [6.07, 6.45) is 3.69. The number of hydrogen-bond acceptors (Lipinski definition) is 8. The summed E-state index contributed by atoms with van der Waals surface area (Å²) in [7, 11) is 1.42. The number of fused-ring (bicyclic) bond motifs is 1. The molecule has 48 heavy (non-hydrogen) atoms. The number of benzene rings is 2. The van der Waals surface area contributed by atoms with Crippen LogP contribution in [0.2, 0.25) is 0 Å². The summed E-state index contributed by atoms with van der Waals surface area (Å²) in [4.78, 5) is 60.4. The molecule has 3 saturated heterocycles. The zero-order chi connectivity index (χ0) is 33.8. The van der Waals surface area contributed by atoms with Crippen molar-refractivity contribution in [1.82, 2.24) is 19.6 Å². The van der Waals surface area contributed by atoms with E-state index in [2.05, 4.69) is 26.1 Å². The van der Waals surface area contributed by atoms with Gasteiger partial charge in [-0.2, -0.15) is 0 Å². The van der Waals surface area contributed by atoms with Gasteiger partial charge in [-0.1, -0.05) is 24.3 Å². The number of aromatic hydroxyl groups is 1. The fourth-order valence-corrected chi connectivity index (χ4v) is 8.03. The summed E-state index contributed by atoms with van der Waals surface area (Å²) in [5.41, 5.74) is 2.69. The van der Waals surface area contributed by atoms with Crippen molar-refractivity contribution < 1.29 is 33.8 Å². The molecular weight excluding hydrogens is 682 g/mol. The number of likely N-dealkylation sites (tertiary alicyclic amines) is 3. The lowest BCUT2D eigenvalue weighted by molar-refractivity contribution is -0.148. The molecule has 4 aliphatic rings. The van der Waals surface area contributed by atoms with Gasteiger partial charge in [0.2, 0.25) is 0 Å². The molecule has 13 heteroatoms. The van der Waals surface area contributed by atoms with Gasteiger partial charge in [0.05, 0.1) is 11.6 Å². The smallest absolute Gasteiger partial charge is 0.410 e. The normalized spacial score (nSPS) is 21.7. The second kappa shape index (κ2) is 15.1. The second-order valence-electron chi connectivity index (χ2n) is 13.1. The highest BCUT2D eigenvalue weighted by atomic mass is 79.9. The maximum absolute atomic E-state index is 14.0. The molecule has 0 bridgehead atoms. The lowest BCUT2D eigenvalue weighted by Crippen LogP contribution is -2.53. The Morgan fingerprint density at radius 2 is 1.65 bits per heavy atom. The van der Waals surface area contributed by atoms with Gasteiger partial charge in [0.25, 0.3) is 5.91 Å². The third kappa shape index (κ3) is 7.57. The van der Waals surface area contributed by atoms with Crippen LogP contribution < -0.4 is 5.32 Å². The van der Waals surface area contributed by atoms with E-state index in [1.165, 1.54) is 7.11 Å². The molecule has 4 amide bonds. The third-order valence-electron chi connectivity index (χ3n) is 10.3. The Bertz CT molecular complexity index is 1510. The molecule has 0 unspecified atom stereocenters. The first-order valence-corrected chi connectivity index (χ1v) is 17.7. The number of para-hydroxylation sites is 1. The van der Waals surface area contributed by atoms with Gasteiger partial charge in [-0.15, -0.1) is 0 Å². The topological polar surface area (TPSA) is 132 Å². The molecule has 0 aliphatic carbocycles. The number of phenols is 1. The number of phenolic OH excluding ortho intramolecular Hbond substituents is 1. The van der Waals surface area contributed by atoms with E-state index in [-0.39, 0.29) is 48.2 Å². The molecular formula is C35H44BrN5O7. The summed E-state index contributed by atoms with van der Waals surface area (Å²) in [5.74, 6) is -0.382. The van der Waals surface area contributed by atoms with Crippen molar-refractivity contribution in [2.24, 2.45) is 0 Å². The van der Waals surface area contributed by atoms with Crippen LogP contribution in [-0.2, 0) is 31.9 Å². The van der Waals surface area contributed by atoms with E-state index >= 15 is 0 Å². The molecule has 258 valence electrons. The van der Waals surface area contributed by atoms with Crippen molar-refractivity contribution in [3.63, 3.8) is 0 Å². The molecule has 2 atom stereocenters. The number of nitrogens with zero attached hydrogens (tertiary/aromatic N) is 4. The van der Waals surface area contributed by atoms with E-state index in [0.717, 1.165) is 42.6 Å². The van der Waals surface area contributed by atoms with Gasteiger partial charge >= 0.3 is 18.1 Å². The first-order chi connectivity index (χ1) is 23.2. The Morgan fingerprint density at radius 1 is 0.938 bits per heavy atom. The predicted molar refractivity (Wildman–Crippen MR) is 182 cm³/mol. The van der Waals surface area contributed by atoms with Gasteiger partial charge in [0.1, 0.15) is 11.8 Å². The standard InChI is InChI=1S/C35H44BrN5O7/c1-47-33(44)29-7-4-15-40(29)25-11-16-38(17-12-25)32(43)31(22-23-8-9-30(42)27(36)21-23)48-35(46)39-18-13-26(14-19-39)41-20-10-24-5-2-3-6-28(24)37-34(41)45/h2-3,5-6,8-9,21,25-26,29,31,42H,4,7,10-20,22H2,1H3,(H,37,45)/t29-,31-/m1/s1. The van der Waals surface area contributed by atoms with Crippen molar-refractivity contribution in [2.75, 3.05) is 51.7 Å². The summed E-state index contributed by atoms with van der Waals surface area (Å²) in [6, 6.07) is 12.6. The van der Waals surface area contributed by atoms with E-state index in [1.54, 1.807) is 28.0 Å². The van der Waals surface area contributed by atoms with Crippen LogP contribution in [0.15, 0.2) is 46.9 Å². The maximum Gasteiger partial charge on any atom is 0.410 e. The number of carbonyl (C=O) groups is 4. The molecule has 0 saturated carbocycles. The van der Waals surface area contributed by atoms with E-state index < -0.39 is 12.2 Å². The van der Waals surface area contributed by atoms with Crippen molar-refractivity contribution >= 4 is 45.6 Å². The Hall–Kier alpha value is -3.84. The number of nitrogens with one attached hydrogen (secondary N) is 1. The van der Waals surface area contributed by atoms with Crippen LogP contribution in [0.5, 0.6) is 5.75 Å². The zero-order valence-corrected chi connectivity index (χ0v) is 28.9. The molecule has 2 N–H and O–H groups in total. The van der Waals surface area contributed by atoms with Gasteiger partial charge in [-0.25, -0.2) is 9.59 Å². The van der Waals surface area contributed by atoms with Crippen LogP contribution in [0, 0.1) is 0 Å². The van der Waals surface area contributed by atoms with Gasteiger partial charge < -0.3 is 34.6 Å². The average molecular weight is 727 g/mol. The van der Waals surface area contributed by atoms with Crippen LogP contribution in [0.3, 0.4) is 0 Å². The van der Waals surface area contributed by atoms with Crippen molar-refractivity contribution in [1.29, 1.82) is 0 Å². The highest BCUT2D eigenvalue weighted by molar-refractivity contribution is 9.10. The molecule has 2 aromatic carbocycles. The molecule has 0 radical (unpaired) electrons. The van der Waals surface area contributed by atoms with Crippen LogP contribution in [0.25, 0.3) is 0 Å². The number of halogens is 1. The predicted octanol–water partition coefficient (Wildman–Crippen LogP) is 4.39. The van der Waals surface area contributed by atoms with E-state index in [9.17, 15) is 24.3 Å². The Balaban J connectivity index is 1.08. The van der Waals surface area contributed by atoms with Gasteiger partial charge in [-0.05, 0) is 96.7 Å². The molecule has 0 spiro atoms. The summed E-state index contributed by atoms with van der Waals surface area (Å²) in [5, 5.41) is 13.0. The fourth-order valence-electron chi connectivity index (χ4n) is 7.60. The average Bonchev–Trinajstić information content (AvgIpc) is 3.53. The minimum atomic E-state index is -1.05. The quantitative estimate of drug-likeness (QED) is 0.402. The van der Waals surface area contributed by atoms with Gasteiger partial charge in [0.15, 0.2) is 6.10 Å². The first-order valence-electron chi connectivity index (χ1n) is 16.9. The number of hydrogen-bond donors (Lipinski definition) is 2. The Morgan fingerprint density at radius 3 is 2.38 bits per heavy atom. The van der Waals surface area contributed by atoms with Crippen molar-refractivity contribution in [3.8, 4) is 5.75 Å². The number of piperidine rings is 2. The molecule has 4 heterocycles. The molecule has 0 aromatic heterocycles. The summed E-state index contributed by atoms with van der Waals surface area (Å²) in [6.45, 7) is 3.25. The van der Waals surface area contributed by atoms with E-state index in [0.29, 0.717) is 62.9 Å². The molecule has 6 rings (SSSR count). The van der Waals surface area contributed by atoms with Crippen LogP contribution in [0.1, 0.15) is 49.7 Å². The number of anilines is 1. The lowest BCUT2D eigenvalue weighted by Gasteiger charge is -2.40. The number of amides is 4. The Kier molecular flexibility index (Phi) is 10.7. The highest BCUT2D eigenvalue weighted by Gasteiger charge is 2.40. The summed E-state index contributed by atoms with van der Waals surface area (Å²) >= 11 is 3.35. The number of ether oxygens (including phenoxy) is 2. The van der Waals surface area contributed by atoms with Crippen molar-refractivity contribution in [2.45, 2.75) is 75.6 Å². The van der Waals surface area contributed by atoms with E-state index in [4.69, 9.17) is 9.47 Å². The zero-order valence-electron chi connectivity index (χ0n) is 27.3. The summed E-state index contributed by atoms with van der Waals surface area (Å²) < 4.78 is 11.5. The molecule has 4 aliphatic heterocycles. The van der Waals surface area contributed by atoms with Crippen molar-refractivity contribution in [3.05, 3.63) is 58.1 Å². The lowest BCUT2D eigenvalue weighted by atomic mass is 10.00.